The first-order chi connectivity index (χ1) is 11.3. The van der Waals surface area contributed by atoms with Crippen molar-refractivity contribution in [3.05, 3.63) is 48.0 Å². The quantitative estimate of drug-likeness (QED) is 0.680. The Bertz CT molecular complexity index is 833. The molecule has 0 saturated carbocycles. The number of thioether (sulfide) groups is 1. The minimum Gasteiger partial charge on any atom is -0.454 e. The van der Waals surface area contributed by atoms with Crippen LogP contribution in [0.25, 0.3) is 11.4 Å². The number of hydrogen-bond donors (Lipinski definition) is 0. The van der Waals surface area contributed by atoms with E-state index in [1.165, 1.54) is 0 Å². The van der Waals surface area contributed by atoms with Gasteiger partial charge in [0.25, 0.3) is 0 Å². The SMILES string of the molecule is Cc1ccc(SCc2nc(-c3ccc4c(c3)OCO4)no2)nc1. The lowest BCUT2D eigenvalue weighted by molar-refractivity contribution is 0.174. The highest BCUT2D eigenvalue weighted by Gasteiger charge is 2.16. The van der Waals surface area contributed by atoms with Gasteiger partial charge in [0.05, 0.1) is 10.8 Å². The average molecular weight is 327 g/mol. The smallest absolute Gasteiger partial charge is 0.237 e. The van der Waals surface area contributed by atoms with Gasteiger partial charge in [0.2, 0.25) is 18.5 Å². The molecule has 7 heteroatoms. The monoisotopic (exact) mass is 327 g/mol. The van der Waals surface area contributed by atoms with Crippen LogP contribution in [-0.4, -0.2) is 21.9 Å². The first-order valence-corrected chi connectivity index (χ1v) is 8.04. The highest BCUT2D eigenvalue weighted by Crippen LogP contribution is 2.35. The summed E-state index contributed by atoms with van der Waals surface area (Å²) in [5, 5.41) is 4.95. The third-order valence-electron chi connectivity index (χ3n) is 3.33. The molecular formula is C16H13N3O3S. The Morgan fingerprint density at radius 1 is 1.13 bits per heavy atom. The molecule has 0 radical (unpaired) electrons. The van der Waals surface area contributed by atoms with Crippen molar-refractivity contribution in [3.8, 4) is 22.9 Å². The minimum absolute atomic E-state index is 0.246. The van der Waals surface area contributed by atoms with Gasteiger partial charge in [0.15, 0.2) is 11.5 Å². The molecule has 1 aliphatic heterocycles. The summed E-state index contributed by atoms with van der Waals surface area (Å²) in [6.07, 6.45) is 1.84. The second-order valence-electron chi connectivity index (χ2n) is 5.04. The van der Waals surface area contributed by atoms with Crippen LogP contribution in [0.5, 0.6) is 11.5 Å². The lowest BCUT2D eigenvalue weighted by Crippen LogP contribution is -1.92. The number of aromatic nitrogens is 3. The summed E-state index contributed by atoms with van der Waals surface area (Å²) in [6.45, 7) is 2.26. The first kappa shape index (κ1) is 14.1. The molecule has 116 valence electrons. The van der Waals surface area contributed by atoms with Crippen LogP contribution in [0.2, 0.25) is 0 Å². The number of aryl methyl sites for hydroxylation is 1. The normalized spacial score (nSPS) is 12.6. The molecule has 0 spiro atoms. The van der Waals surface area contributed by atoms with Crippen LogP contribution < -0.4 is 9.47 Å². The average Bonchev–Trinajstić information content (AvgIpc) is 3.22. The Morgan fingerprint density at radius 3 is 2.91 bits per heavy atom. The number of hydrogen-bond acceptors (Lipinski definition) is 7. The van der Waals surface area contributed by atoms with Crippen molar-refractivity contribution >= 4 is 11.8 Å². The summed E-state index contributed by atoms with van der Waals surface area (Å²) in [4.78, 5) is 8.76. The second kappa shape index (κ2) is 5.92. The van der Waals surface area contributed by atoms with E-state index in [9.17, 15) is 0 Å². The maximum atomic E-state index is 5.36. The summed E-state index contributed by atoms with van der Waals surface area (Å²) in [6, 6.07) is 9.59. The molecule has 0 atom stereocenters. The number of rotatable bonds is 4. The molecule has 0 saturated heterocycles. The molecular weight excluding hydrogens is 314 g/mol. The van der Waals surface area contributed by atoms with E-state index in [0.29, 0.717) is 23.2 Å². The molecule has 0 unspecified atom stereocenters. The molecule has 23 heavy (non-hydrogen) atoms. The van der Waals surface area contributed by atoms with E-state index in [2.05, 4.69) is 15.1 Å². The van der Waals surface area contributed by atoms with Crippen molar-refractivity contribution in [1.29, 1.82) is 0 Å². The van der Waals surface area contributed by atoms with Crippen LogP contribution in [0, 0.1) is 6.92 Å². The standard InChI is InChI=1S/C16H13N3O3S/c1-10-2-5-15(17-7-10)23-8-14-18-16(19-22-14)11-3-4-12-13(6-11)21-9-20-12/h2-7H,8-9H2,1H3. The fourth-order valence-corrected chi connectivity index (χ4v) is 2.82. The largest absolute Gasteiger partial charge is 0.454 e. The van der Waals surface area contributed by atoms with E-state index < -0.39 is 0 Å². The van der Waals surface area contributed by atoms with E-state index in [-0.39, 0.29) is 6.79 Å². The Labute approximate surface area is 136 Å². The molecule has 2 aromatic heterocycles. The topological polar surface area (TPSA) is 70.3 Å². The Kier molecular flexibility index (Phi) is 3.63. The molecule has 3 heterocycles. The van der Waals surface area contributed by atoms with Gasteiger partial charge in [-0.05, 0) is 36.8 Å². The molecule has 0 N–H and O–H groups in total. The van der Waals surface area contributed by atoms with E-state index in [4.69, 9.17) is 14.0 Å². The van der Waals surface area contributed by atoms with Gasteiger partial charge < -0.3 is 14.0 Å². The van der Waals surface area contributed by atoms with Crippen molar-refractivity contribution < 1.29 is 14.0 Å². The van der Waals surface area contributed by atoms with Crippen LogP contribution in [0.4, 0.5) is 0 Å². The third-order valence-corrected chi connectivity index (χ3v) is 4.26. The van der Waals surface area contributed by atoms with Gasteiger partial charge in [-0.3, -0.25) is 0 Å². The van der Waals surface area contributed by atoms with Crippen molar-refractivity contribution in [2.75, 3.05) is 6.79 Å². The maximum Gasteiger partial charge on any atom is 0.237 e. The van der Waals surface area contributed by atoms with Crippen molar-refractivity contribution in [2.45, 2.75) is 17.7 Å². The zero-order valence-corrected chi connectivity index (χ0v) is 13.2. The molecule has 3 aromatic rings. The number of fused-ring (bicyclic) bond motifs is 1. The Hall–Kier alpha value is -2.54. The first-order valence-electron chi connectivity index (χ1n) is 7.06. The van der Waals surface area contributed by atoms with Gasteiger partial charge in [-0.1, -0.05) is 23.0 Å². The van der Waals surface area contributed by atoms with E-state index >= 15 is 0 Å². The maximum absolute atomic E-state index is 5.36. The number of nitrogens with zero attached hydrogens (tertiary/aromatic N) is 3. The second-order valence-corrected chi connectivity index (χ2v) is 6.04. The molecule has 0 bridgehead atoms. The Balaban J connectivity index is 1.47. The third kappa shape index (κ3) is 3.00. The van der Waals surface area contributed by atoms with Crippen molar-refractivity contribution in [3.63, 3.8) is 0 Å². The van der Waals surface area contributed by atoms with Gasteiger partial charge in [-0.2, -0.15) is 4.98 Å². The van der Waals surface area contributed by atoms with Crippen LogP contribution in [0.3, 0.4) is 0 Å². The number of benzene rings is 1. The predicted octanol–water partition coefficient (Wildman–Crippen LogP) is 3.46. The lowest BCUT2D eigenvalue weighted by atomic mass is 10.2. The Morgan fingerprint density at radius 2 is 2.04 bits per heavy atom. The van der Waals surface area contributed by atoms with Crippen molar-refractivity contribution in [2.24, 2.45) is 0 Å². The van der Waals surface area contributed by atoms with Crippen LogP contribution >= 0.6 is 11.8 Å². The summed E-state index contributed by atoms with van der Waals surface area (Å²) >= 11 is 1.56. The molecule has 1 aromatic carbocycles. The molecule has 4 rings (SSSR count). The summed E-state index contributed by atoms with van der Waals surface area (Å²) in [5.41, 5.74) is 1.97. The highest BCUT2D eigenvalue weighted by molar-refractivity contribution is 7.98. The van der Waals surface area contributed by atoms with Crippen LogP contribution in [0.1, 0.15) is 11.5 Å². The minimum atomic E-state index is 0.246. The van der Waals surface area contributed by atoms with E-state index in [1.54, 1.807) is 11.8 Å². The summed E-state index contributed by atoms with van der Waals surface area (Å²) in [5.74, 6) is 3.11. The molecule has 1 aliphatic rings. The zero-order valence-electron chi connectivity index (χ0n) is 12.4. The van der Waals surface area contributed by atoms with Gasteiger partial charge >= 0.3 is 0 Å². The van der Waals surface area contributed by atoms with E-state index in [1.807, 2.05) is 43.5 Å². The van der Waals surface area contributed by atoms with Crippen LogP contribution in [-0.2, 0) is 5.75 Å². The van der Waals surface area contributed by atoms with Gasteiger partial charge in [-0.15, -0.1) is 0 Å². The highest BCUT2D eigenvalue weighted by atomic mass is 32.2. The van der Waals surface area contributed by atoms with Gasteiger partial charge in [0.1, 0.15) is 0 Å². The fraction of sp³-hybridized carbons (Fsp3) is 0.188. The van der Waals surface area contributed by atoms with Gasteiger partial charge in [-0.25, -0.2) is 4.98 Å². The van der Waals surface area contributed by atoms with Gasteiger partial charge in [0, 0.05) is 11.8 Å². The van der Waals surface area contributed by atoms with Crippen molar-refractivity contribution in [1.82, 2.24) is 15.1 Å². The van der Waals surface area contributed by atoms with Crippen LogP contribution in [0.15, 0.2) is 46.1 Å². The zero-order chi connectivity index (χ0) is 15.6. The predicted molar refractivity (Wildman–Crippen MR) is 84.4 cm³/mol. The molecule has 6 nitrogen and oxygen atoms in total. The molecule has 0 amide bonds. The summed E-state index contributed by atoms with van der Waals surface area (Å²) < 4.78 is 16.0. The number of ether oxygens (including phenoxy) is 2. The number of pyridine rings is 1. The summed E-state index contributed by atoms with van der Waals surface area (Å²) in [7, 11) is 0. The lowest BCUT2D eigenvalue weighted by Gasteiger charge is -1.98. The fourth-order valence-electron chi connectivity index (χ4n) is 2.14. The van der Waals surface area contributed by atoms with E-state index in [0.717, 1.165) is 21.9 Å². The molecule has 0 aliphatic carbocycles. The molecule has 0 fully saturated rings.